The van der Waals surface area contributed by atoms with Crippen molar-refractivity contribution < 1.29 is 4.84 Å². The van der Waals surface area contributed by atoms with Gasteiger partial charge in [0.15, 0.2) is 13.1 Å². The second-order valence-corrected chi connectivity index (χ2v) is 3.08. The van der Waals surface area contributed by atoms with E-state index in [1.807, 2.05) is 0 Å². The van der Waals surface area contributed by atoms with Gasteiger partial charge >= 0.3 is 0 Å². The van der Waals surface area contributed by atoms with Crippen molar-refractivity contribution in [2.75, 3.05) is 13.1 Å². The summed E-state index contributed by atoms with van der Waals surface area (Å²) in [6, 6.07) is 0. The van der Waals surface area contributed by atoms with Gasteiger partial charge < -0.3 is 0 Å². The number of hydrogen-bond acceptors (Lipinski definition) is 2. The highest BCUT2D eigenvalue weighted by molar-refractivity contribution is 4.50. The lowest BCUT2D eigenvalue weighted by Crippen LogP contribution is -2.34. The molecule has 67 valence electrons. The Morgan fingerprint density at radius 2 is 1.55 bits per heavy atom. The van der Waals surface area contributed by atoms with E-state index in [1.54, 1.807) is 0 Å². The maximum absolute atomic E-state index is 5.56. The van der Waals surface area contributed by atoms with Gasteiger partial charge in [0.05, 0.1) is 0 Å². The minimum Gasteiger partial charge on any atom is -0.146 e. The quantitative estimate of drug-likeness (QED) is 0.429. The molecule has 0 bridgehead atoms. The van der Waals surface area contributed by atoms with E-state index in [0.717, 1.165) is 25.9 Å². The van der Waals surface area contributed by atoms with Gasteiger partial charge in [-0.3, -0.25) is 0 Å². The molecular weight excluding hydrogens is 138 g/mol. The van der Waals surface area contributed by atoms with Crippen LogP contribution in [0.2, 0.25) is 0 Å². The predicted molar refractivity (Wildman–Crippen MR) is 48.7 cm³/mol. The van der Waals surface area contributed by atoms with Crippen molar-refractivity contribution in [1.82, 2.24) is 5.06 Å². The molecule has 0 N–H and O–H groups in total. The maximum Gasteiger partial charge on any atom is 0.159 e. The molecule has 0 spiro atoms. The highest BCUT2D eigenvalue weighted by atomic mass is 16.7. The minimum atomic E-state index is 0.313. The molecule has 0 aromatic heterocycles. The topological polar surface area (TPSA) is 15.1 Å². The third-order valence-corrected chi connectivity index (χ3v) is 1.31. The molecule has 0 amide bonds. The average Bonchev–Trinajstić information content (AvgIpc) is 1.87. The van der Waals surface area contributed by atoms with E-state index in [4.69, 9.17) is 4.84 Å². The van der Waals surface area contributed by atoms with Crippen LogP contribution in [0.25, 0.3) is 0 Å². The lowest BCUT2D eigenvalue weighted by atomic mass is 10.4. The van der Waals surface area contributed by atoms with E-state index in [-0.39, 0.29) is 0 Å². The molecule has 0 aromatic carbocycles. The summed E-state index contributed by atoms with van der Waals surface area (Å²) in [5.74, 6) is 0. The third-order valence-electron chi connectivity index (χ3n) is 1.31. The summed E-state index contributed by atoms with van der Waals surface area (Å²) < 4.78 is 0. The van der Waals surface area contributed by atoms with Crippen LogP contribution in [0, 0.1) is 0 Å². The number of rotatable bonds is 6. The van der Waals surface area contributed by atoms with Crippen molar-refractivity contribution >= 4 is 0 Å². The zero-order valence-corrected chi connectivity index (χ0v) is 8.26. The number of hydroxylamine groups is 2. The lowest BCUT2D eigenvalue weighted by Gasteiger charge is -2.10. The standard InChI is InChI=1S/C9H21NO/c1-5-7-10(8-6-2)11-9(3)4/h9H,5-8H2,1-4H3/q+1. The Balaban J connectivity index is 3.50. The normalized spacial score (nSPS) is 11.5. The van der Waals surface area contributed by atoms with Gasteiger partial charge in [-0.15, -0.1) is 4.84 Å². The van der Waals surface area contributed by atoms with Crippen molar-refractivity contribution in [2.24, 2.45) is 0 Å². The average molecular weight is 159 g/mol. The van der Waals surface area contributed by atoms with Gasteiger partial charge in [-0.1, -0.05) is 13.8 Å². The van der Waals surface area contributed by atoms with E-state index in [9.17, 15) is 0 Å². The number of hydrogen-bond donors (Lipinski definition) is 0. The molecule has 0 saturated carbocycles. The highest BCUT2D eigenvalue weighted by Gasteiger charge is 2.15. The van der Waals surface area contributed by atoms with Gasteiger partial charge in [-0.05, 0) is 18.9 Å². The fourth-order valence-electron chi connectivity index (χ4n) is 1.01. The Morgan fingerprint density at radius 1 is 1.09 bits per heavy atom. The Bertz CT molecular complexity index is 77.6. The molecule has 0 saturated heterocycles. The first-order chi connectivity index (χ1) is 5.20. The third kappa shape index (κ3) is 6.32. The zero-order valence-electron chi connectivity index (χ0n) is 8.26. The fraction of sp³-hybridized carbons (Fsp3) is 1.00. The Labute approximate surface area is 70.5 Å². The molecule has 0 aliphatic rings. The summed E-state index contributed by atoms with van der Waals surface area (Å²) in [5, 5.41) is 2.06. The van der Waals surface area contributed by atoms with E-state index in [2.05, 4.69) is 32.8 Å². The molecular formula is C9H21NO+. The Kier molecular flexibility index (Phi) is 6.57. The van der Waals surface area contributed by atoms with Crippen molar-refractivity contribution in [3.63, 3.8) is 0 Å². The number of nitrogens with zero attached hydrogens (tertiary/aromatic N) is 1. The fourth-order valence-corrected chi connectivity index (χ4v) is 1.01. The molecule has 0 fully saturated rings. The summed E-state index contributed by atoms with van der Waals surface area (Å²) in [4.78, 5) is 5.56. The molecule has 2 nitrogen and oxygen atoms in total. The first-order valence-corrected chi connectivity index (χ1v) is 4.62. The first-order valence-electron chi connectivity index (χ1n) is 4.62. The van der Waals surface area contributed by atoms with Crippen molar-refractivity contribution in [3.05, 3.63) is 0 Å². The molecule has 0 aliphatic carbocycles. The minimum absolute atomic E-state index is 0.313. The molecule has 0 atom stereocenters. The van der Waals surface area contributed by atoms with Gasteiger partial charge in [-0.25, -0.2) is 0 Å². The van der Waals surface area contributed by atoms with Crippen LogP contribution in [0.15, 0.2) is 0 Å². The molecule has 1 radical (unpaired) electrons. The molecule has 0 heterocycles. The summed E-state index contributed by atoms with van der Waals surface area (Å²) in [6.45, 7) is 10.6. The zero-order chi connectivity index (χ0) is 8.69. The second kappa shape index (κ2) is 6.62. The molecule has 0 unspecified atom stereocenters. The van der Waals surface area contributed by atoms with Gasteiger partial charge in [-0.2, -0.15) is 0 Å². The molecule has 0 aromatic rings. The van der Waals surface area contributed by atoms with Gasteiger partial charge in [0.2, 0.25) is 0 Å². The van der Waals surface area contributed by atoms with Gasteiger partial charge in [0, 0.05) is 12.8 Å². The van der Waals surface area contributed by atoms with Crippen LogP contribution in [0.4, 0.5) is 0 Å². The monoisotopic (exact) mass is 159 g/mol. The molecule has 0 rings (SSSR count). The van der Waals surface area contributed by atoms with E-state index in [1.165, 1.54) is 0 Å². The Hall–Kier alpha value is -0.0800. The SMILES string of the molecule is CCC[N+](CCC)OC(C)C. The summed E-state index contributed by atoms with van der Waals surface area (Å²) in [5.41, 5.74) is 0. The summed E-state index contributed by atoms with van der Waals surface area (Å²) in [6.07, 6.45) is 2.63. The van der Waals surface area contributed by atoms with Gasteiger partial charge in [0.1, 0.15) is 6.10 Å². The van der Waals surface area contributed by atoms with E-state index >= 15 is 0 Å². The smallest absolute Gasteiger partial charge is 0.146 e. The second-order valence-electron chi connectivity index (χ2n) is 3.08. The van der Waals surface area contributed by atoms with Crippen molar-refractivity contribution in [3.8, 4) is 0 Å². The molecule has 2 heteroatoms. The maximum atomic E-state index is 5.56. The van der Waals surface area contributed by atoms with Gasteiger partial charge in [0.25, 0.3) is 0 Å². The van der Waals surface area contributed by atoms with E-state index in [0.29, 0.717) is 6.10 Å². The van der Waals surface area contributed by atoms with Crippen LogP contribution in [-0.4, -0.2) is 19.2 Å². The van der Waals surface area contributed by atoms with Crippen LogP contribution in [0.3, 0.4) is 0 Å². The molecule has 11 heavy (non-hydrogen) atoms. The molecule has 0 aliphatic heterocycles. The van der Waals surface area contributed by atoms with Crippen LogP contribution < -0.4 is 5.06 Å². The lowest BCUT2D eigenvalue weighted by molar-refractivity contribution is -0.106. The largest absolute Gasteiger partial charge is 0.159 e. The van der Waals surface area contributed by atoms with Crippen LogP contribution in [0.1, 0.15) is 40.5 Å². The van der Waals surface area contributed by atoms with Crippen LogP contribution in [-0.2, 0) is 4.84 Å². The van der Waals surface area contributed by atoms with Crippen molar-refractivity contribution in [1.29, 1.82) is 0 Å². The van der Waals surface area contributed by atoms with Crippen LogP contribution >= 0.6 is 0 Å². The predicted octanol–water partition coefficient (Wildman–Crippen LogP) is 2.29. The van der Waals surface area contributed by atoms with E-state index < -0.39 is 0 Å². The van der Waals surface area contributed by atoms with Crippen LogP contribution in [0.5, 0.6) is 0 Å². The summed E-state index contributed by atoms with van der Waals surface area (Å²) in [7, 11) is 0. The highest BCUT2D eigenvalue weighted by Crippen LogP contribution is 1.95. The first kappa shape index (κ1) is 10.9. The van der Waals surface area contributed by atoms with Crippen molar-refractivity contribution in [2.45, 2.75) is 46.6 Å². The summed E-state index contributed by atoms with van der Waals surface area (Å²) >= 11 is 0. The Morgan fingerprint density at radius 3 is 1.82 bits per heavy atom.